The number of nitrogens with zero attached hydrogens (tertiary/aromatic N) is 1. The van der Waals surface area contributed by atoms with Gasteiger partial charge in [-0.15, -0.1) is 0 Å². The summed E-state index contributed by atoms with van der Waals surface area (Å²) in [6.45, 7) is 0.571. The Morgan fingerprint density at radius 2 is 1.61 bits per heavy atom. The number of amides is 2. The second-order valence-corrected chi connectivity index (χ2v) is 9.79. The number of alkyl halides is 1. The molecule has 1 heterocycles. The monoisotopic (exact) mass is 548 g/mol. The number of hydrogen-bond donors (Lipinski definition) is 1. The van der Waals surface area contributed by atoms with Crippen molar-refractivity contribution in [1.29, 1.82) is 0 Å². The summed E-state index contributed by atoms with van der Waals surface area (Å²) in [5, 5.41) is 4.18. The van der Waals surface area contributed by atoms with Crippen LogP contribution >= 0.6 is 15.9 Å². The van der Waals surface area contributed by atoms with Gasteiger partial charge in [0.05, 0.1) is 12.2 Å². The molecule has 5 nitrogen and oxygen atoms in total. The molecule has 0 aliphatic carbocycles. The van der Waals surface area contributed by atoms with Crippen molar-refractivity contribution >= 4 is 33.4 Å². The zero-order valence-corrected chi connectivity index (χ0v) is 22.1. The normalized spacial score (nSPS) is 15.0. The van der Waals surface area contributed by atoms with Crippen LogP contribution in [0, 0.1) is 0 Å². The van der Waals surface area contributed by atoms with Gasteiger partial charge in [0.15, 0.2) is 0 Å². The minimum atomic E-state index is -0.467. The number of para-hydroxylation sites is 2. The van der Waals surface area contributed by atoms with Crippen LogP contribution in [0.25, 0.3) is 0 Å². The largest absolute Gasteiger partial charge is 0.493 e. The summed E-state index contributed by atoms with van der Waals surface area (Å²) in [7, 11) is 0. The van der Waals surface area contributed by atoms with Gasteiger partial charge in [-0.3, -0.25) is 14.5 Å². The van der Waals surface area contributed by atoms with Crippen molar-refractivity contribution in [3.63, 3.8) is 0 Å². The Balaban J connectivity index is 1.54. The maximum Gasteiger partial charge on any atom is 0.259 e. The number of carbonyl (C=O) groups is 2. The second-order valence-electron chi connectivity index (χ2n) is 9.00. The van der Waals surface area contributed by atoms with Gasteiger partial charge < -0.3 is 10.1 Å². The van der Waals surface area contributed by atoms with E-state index in [4.69, 9.17) is 4.74 Å². The molecule has 0 aromatic heterocycles. The van der Waals surface area contributed by atoms with E-state index < -0.39 is 6.17 Å². The summed E-state index contributed by atoms with van der Waals surface area (Å²) in [5.41, 5.74) is 3.05. The van der Waals surface area contributed by atoms with Gasteiger partial charge in [-0.2, -0.15) is 0 Å². The molecular weight excluding hydrogens is 516 g/mol. The third-order valence-electron chi connectivity index (χ3n) is 6.44. The molecule has 3 aromatic carbocycles. The van der Waals surface area contributed by atoms with Crippen LogP contribution < -0.4 is 15.0 Å². The van der Waals surface area contributed by atoms with E-state index in [1.54, 1.807) is 11.0 Å². The summed E-state index contributed by atoms with van der Waals surface area (Å²) in [6.07, 6.45) is 6.27. The molecule has 1 aliphatic heterocycles. The van der Waals surface area contributed by atoms with Crippen LogP contribution in [0.2, 0.25) is 0 Å². The van der Waals surface area contributed by atoms with Crippen molar-refractivity contribution in [1.82, 2.24) is 5.32 Å². The fourth-order valence-electron chi connectivity index (χ4n) is 4.59. The lowest BCUT2D eigenvalue weighted by Crippen LogP contribution is -2.51. The molecule has 1 N–H and O–H groups in total. The van der Waals surface area contributed by atoms with Gasteiger partial charge in [-0.05, 0) is 68.0 Å². The number of aryl methyl sites for hydroxylation is 1. The van der Waals surface area contributed by atoms with Gasteiger partial charge >= 0.3 is 0 Å². The van der Waals surface area contributed by atoms with Crippen molar-refractivity contribution in [3.8, 4) is 5.75 Å². The van der Waals surface area contributed by atoms with Crippen molar-refractivity contribution in [2.45, 2.75) is 51.1 Å². The molecule has 0 saturated carbocycles. The molecule has 0 bridgehead atoms. The fraction of sp³-hybridized carbons (Fsp3) is 0.333. The Bertz CT molecular complexity index is 1150. The van der Waals surface area contributed by atoms with Crippen molar-refractivity contribution in [2.75, 3.05) is 16.8 Å². The molecule has 0 spiro atoms. The van der Waals surface area contributed by atoms with Crippen LogP contribution in [0.1, 0.15) is 64.8 Å². The molecule has 188 valence electrons. The van der Waals surface area contributed by atoms with E-state index >= 15 is 0 Å². The maximum atomic E-state index is 13.7. The predicted molar refractivity (Wildman–Crippen MR) is 148 cm³/mol. The molecule has 2 amide bonds. The summed E-state index contributed by atoms with van der Waals surface area (Å²) in [6, 6.07) is 24.5. The summed E-state index contributed by atoms with van der Waals surface area (Å²) >= 11 is 3.46. The van der Waals surface area contributed by atoms with E-state index in [0.717, 1.165) is 55.1 Å². The highest BCUT2D eigenvalue weighted by Gasteiger charge is 2.31. The summed E-state index contributed by atoms with van der Waals surface area (Å²) < 4.78 is 6.00. The number of rotatable bonds is 10. The molecule has 0 fully saturated rings. The molecule has 4 rings (SSSR count). The van der Waals surface area contributed by atoms with Gasteiger partial charge in [-0.25, -0.2) is 0 Å². The average molecular weight is 550 g/mol. The highest BCUT2D eigenvalue weighted by molar-refractivity contribution is 9.09. The molecule has 6 heteroatoms. The van der Waals surface area contributed by atoms with E-state index in [1.807, 2.05) is 66.7 Å². The number of halogens is 1. The number of unbranched alkanes of at least 4 members (excludes halogenated alkanes) is 3. The summed E-state index contributed by atoms with van der Waals surface area (Å²) in [4.78, 5) is 29.0. The second kappa shape index (κ2) is 13.3. The molecule has 36 heavy (non-hydrogen) atoms. The Hall–Kier alpha value is -3.12. The number of ether oxygens (including phenoxy) is 1. The first-order valence-corrected chi connectivity index (χ1v) is 13.9. The lowest BCUT2D eigenvalue weighted by Gasteiger charge is -2.32. The van der Waals surface area contributed by atoms with Gasteiger partial charge in [0.2, 0.25) is 0 Å². The predicted octanol–water partition coefficient (Wildman–Crippen LogP) is 6.76. The average Bonchev–Trinajstić information content (AvgIpc) is 3.10. The third-order valence-corrected chi connectivity index (χ3v) is 7.00. The van der Waals surface area contributed by atoms with E-state index in [0.29, 0.717) is 29.9 Å². The first-order chi connectivity index (χ1) is 17.7. The minimum absolute atomic E-state index is 0.122. The summed E-state index contributed by atoms with van der Waals surface area (Å²) in [5.74, 6) is 0.217. The van der Waals surface area contributed by atoms with Crippen LogP contribution in [0.15, 0.2) is 78.9 Å². The van der Waals surface area contributed by atoms with Crippen LogP contribution in [-0.2, 0) is 6.42 Å². The van der Waals surface area contributed by atoms with E-state index in [9.17, 15) is 9.59 Å². The number of benzene rings is 3. The number of carbonyl (C=O) groups excluding carboxylic acids is 2. The Labute approximate surface area is 222 Å². The molecular formula is C30H33BrN2O3. The minimum Gasteiger partial charge on any atom is -0.493 e. The van der Waals surface area contributed by atoms with E-state index in [-0.39, 0.29) is 11.8 Å². The number of nitrogens with one attached hydrogen (secondary N) is 1. The fourth-order valence-corrected chi connectivity index (χ4v) is 4.99. The standard InChI is InChI=1S/C30H33BrN2O3/c31-21-10-1-2-11-22-36-27-19-9-7-17-25(27)29(34)32-28-20-12-16-23-13-6-8-18-26(23)33(28)30(35)24-14-4-3-5-15-24/h3-9,13-15,17-19,28H,1-2,10-12,16,20-22H2,(H,32,34). The Morgan fingerprint density at radius 3 is 2.44 bits per heavy atom. The number of fused-ring (bicyclic) bond motifs is 1. The van der Waals surface area contributed by atoms with Gasteiger partial charge in [0.25, 0.3) is 11.8 Å². The van der Waals surface area contributed by atoms with Crippen molar-refractivity contribution < 1.29 is 14.3 Å². The SMILES string of the molecule is O=C(NC1CCCc2ccccc2N1C(=O)c1ccccc1)c1ccccc1OCCCCCCBr. The Kier molecular flexibility index (Phi) is 9.56. The molecule has 0 saturated heterocycles. The number of hydrogen-bond acceptors (Lipinski definition) is 3. The number of anilines is 1. The quantitative estimate of drug-likeness (QED) is 0.225. The molecule has 1 unspecified atom stereocenters. The van der Waals surface area contributed by atoms with Crippen LogP contribution in [-0.4, -0.2) is 29.9 Å². The smallest absolute Gasteiger partial charge is 0.259 e. The first-order valence-electron chi connectivity index (χ1n) is 12.7. The van der Waals surface area contributed by atoms with Crippen LogP contribution in [0.3, 0.4) is 0 Å². The highest BCUT2D eigenvalue weighted by Crippen LogP contribution is 2.31. The van der Waals surface area contributed by atoms with E-state index in [1.165, 1.54) is 0 Å². The zero-order valence-electron chi connectivity index (χ0n) is 20.5. The topological polar surface area (TPSA) is 58.6 Å². The highest BCUT2D eigenvalue weighted by atomic mass is 79.9. The third kappa shape index (κ3) is 6.55. The molecule has 1 atom stereocenters. The van der Waals surface area contributed by atoms with Crippen molar-refractivity contribution in [3.05, 3.63) is 95.6 Å². The Morgan fingerprint density at radius 1 is 0.889 bits per heavy atom. The van der Waals surface area contributed by atoms with Crippen molar-refractivity contribution in [2.24, 2.45) is 0 Å². The molecule has 1 aliphatic rings. The van der Waals surface area contributed by atoms with Gasteiger partial charge in [0, 0.05) is 16.6 Å². The first kappa shape index (κ1) is 26.0. The van der Waals surface area contributed by atoms with Crippen LogP contribution in [0.5, 0.6) is 5.75 Å². The van der Waals surface area contributed by atoms with Gasteiger partial charge in [-0.1, -0.05) is 77.3 Å². The van der Waals surface area contributed by atoms with Crippen LogP contribution in [0.4, 0.5) is 5.69 Å². The lowest BCUT2D eigenvalue weighted by atomic mass is 10.1. The lowest BCUT2D eigenvalue weighted by molar-refractivity contribution is 0.0909. The molecule has 0 radical (unpaired) electrons. The maximum absolute atomic E-state index is 13.7. The van der Waals surface area contributed by atoms with E-state index in [2.05, 4.69) is 27.3 Å². The zero-order chi connectivity index (χ0) is 25.2. The van der Waals surface area contributed by atoms with Gasteiger partial charge in [0.1, 0.15) is 11.9 Å². The molecule has 3 aromatic rings.